The highest BCUT2D eigenvalue weighted by atomic mass is 19.1. The number of hydrogen-bond donors (Lipinski definition) is 2. The van der Waals surface area contributed by atoms with Crippen molar-refractivity contribution in [2.24, 2.45) is 0 Å². The molecule has 0 radical (unpaired) electrons. The predicted molar refractivity (Wildman–Crippen MR) is 100 cm³/mol. The molecule has 138 valence electrons. The van der Waals surface area contributed by atoms with Crippen LogP contribution in [0.25, 0.3) is 0 Å². The number of rotatable bonds is 5. The zero-order valence-electron chi connectivity index (χ0n) is 14.7. The molecule has 8 heteroatoms. The van der Waals surface area contributed by atoms with Gasteiger partial charge in [0.25, 0.3) is 5.91 Å². The lowest BCUT2D eigenvalue weighted by molar-refractivity contribution is 0.102. The first kappa shape index (κ1) is 18.2. The van der Waals surface area contributed by atoms with E-state index < -0.39 is 17.5 Å². The second-order valence-corrected chi connectivity index (χ2v) is 5.88. The zero-order valence-corrected chi connectivity index (χ0v) is 14.7. The fourth-order valence-electron chi connectivity index (χ4n) is 2.31. The molecule has 0 unspecified atom stereocenters. The van der Waals surface area contributed by atoms with Crippen molar-refractivity contribution in [3.63, 3.8) is 0 Å². The van der Waals surface area contributed by atoms with Gasteiger partial charge < -0.3 is 15.5 Å². The van der Waals surface area contributed by atoms with Gasteiger partial charge in [0.15, 0.2) is 0 Å². The summed E-state index contributed by atoms with van der Waals surface area (Å²) in [5, 5.41) is 5.18. The van der Waals surface area contributed by atoms with Crippen molar-refractivity contribution in [3.8, 4) is 0 Å². The van der Waals surface area contributed by atoms with Crippen LogP contribution in [0, 0.1) is 11.6 Å². The molecule has 0 aliphatic heterocycles. The van der Waals surface area contributed by atoms with E-state index in [1.165, 1.54) is 18.3 Å². The average molecular weight is 369 g/mol. The largest absolute Gasteiger partial charge is 0.378 e. The molecule has 1 heterocycles. The number of halogens is 2. The van der Waals surface area contributed by atoms with E-state index in [2.05, 4.69) is 20.6 Å². The van der Waals surface area contributed by atoms with Crippen LogP contribution in [-0.4, -0.2) is 30.0 Å². The third-order valence-electron chi connectivity index (χ3n) is 3.73. The Labute approximate surface area is 154 Å². The quantitative estimate of drug-likeness (QED) is 0.716. The number of carbonyl (C=O) groups excluding carboxylic acids is 1. The standard InChI is InChI=1S/C19H17F2N5O/c1-26(2)13-8-6-12(7-9-13)23-18(27)16-10-11-22-19(24-16)25-17-14(20)4-3-5-15(17)21/h3-11H,1-2H3,(H,23,27)(H,22,24,25). The lowest BCUT2D eigenvalue weighted by atomic mass is 10.2. The summed E-state index contributed by atoms with van der Waals surface area (Å²) >= 11 is 0. The Hall–Kier alpha value is -3.55. The third-order valence-corrected chi connectivity index (χ3v) is 3.73. The van der Waals surface area contributed by atoms with Crippen LogP contribution in [0.1, 0.15) is 10.5 Å². The monoisotopic (exact) mass is 369 g/mol. The summed E-state index contributed by atoms with van der Waals surface area (Å²) in [7, 11) is 3.84. The first-order valence-electron chi connectivity index (χ1n) is 8.07. The van der Waals surface area contributed by atoms with E-state index in [1.807, 2.05) is 31.1 Å². The van der Waals surface area contributed by atoms with E-state index in [9.17, 15) is 13.6 Å². The van der Waals surface area contributed by atoms with Crippen molar-refractivity contribution in [2.75, 3.05) is 29.6 Å². The molecule has 0 atom stereocenters. The van der Waals surface area contributed by atoms with Crippen LogP contribution in [0.5, 0.6) is 0 Å². The summed E-state index contributed by atoms with van der Waals surface area (Å²) in [6, 6.07) is 12.1. The number of aromatic nitrogens is 2. The van der Waals surface area contributed by atoms with Crippen LogP contribution in [0.3, 0.4) is 0 Å². The lowest BCUT2D eigenvalue weighted by Crippen LogP contribution is -2.15. The molecule has 3 aromatic rings. The molecular formula is C19H17F2N5O. The molecule has 27 heavy (non-hydrogen) atoms. The van der Waals surface area contributed by atoms with Crippen LogP contribution in [0.2, 0.25) is 0 Å². The lowest BCUT2D eigenvalue weighted by Gasteiger charge is -2.13. The second-order valence-electron chi connectivity index (χ2n) is 5.88. The van der Waals surface area contributed by atoms with Crippen molar-refractivity contribution in [2.45, 2.75) is 0 Å². The van der Waals surface area contributed by atoms with E-state index in [4.69, 9.17) is 0 Å². The smallest absolute Gasteiger partial charge is 0.274 e. The summed E-state index contributed by atoms with van der Waals surface area (Å²) in [5.74, 6) is -2.12. The van der Waals surface area contributed by atoms with Crippen LogP contribution in [0.15, 0.2) is 54.7 Å². The Kier molecular flexibility index (Phi) is 5.25. The van der Waals surface area contributed by atoms with Gasteiger partial charge in [0.1, 0.15) is 23.0 Å². The summed E-state index contributed by atoms with van der Waals surface area (Å²) < 4.78 is 27.5. The van der Waals surface area contributed by atoms with Gasteiger partial charge in [-0.3, -0.25) is 4.79 Å². The Morgan fingerprint density at radius 2 is 1.67 bits per heavy atom. The average Bonchev–Trinajstić information content (AvgIpc) is 2.65. The summed E-state index contributed by atoms with van der Waals surface area (Å²) in [4.78, 5) is 22.2. The molecule has 0 saturated heterocycles. The van der Waals surface area contributed by atoms with Crippen molar-refractivity contribution in [3.05, 3.63) is 72.1 Å². The minimum absolute atomic E-state index is 0.0564. The van der Waals surface area contributed by atoms with Crippen LogP contribution in [0.4, 0.5) is 31.8 Å². The molecule has 0 spiro atoms. The first-order chi connectivity index (χ1) is 12.9. The number of carbonyl (C=O) groups is 1. The molecule has 2 aromatic carbocycles. The summed E-state index contributed by atoms with van der Waals surface area (Å²) in [6.45, 7) is 0. The molecule has 0 aliphatic rings. The van der Waals surface area contributed by atoms with Crippen molar-refractivity contribution < 1.29 is 13.6 Å². The Morgan fingerprint density at radius 1 is 1.00 bits per heavy atom. The predicted octanol–water partition coefficient (Wildman–Crippen LogP) is 3.82. The normalized spacial score (nSPS) is 10.4. The van der Waals surface area contributed by atoms with Crippen molar-refractivity contribution in [1.29, 1.82) is 0 Å². The van der Waals surface area contributed by atoms with Gasteiger partial charge in [-0.2, -0.15) is 0 Å². The second kappa shape index (κ2) is 7.77. The Morgan fingerprint density at radius 3 is 2.30 bits per heavy atom. The van der Waals surface area contributed by atoms with Gasteiger partial charge in [-0.25, -0.2) is 18.7 Å². The number of nitrogens with one attached hydrogen (secondary N) is 2. The van der Waals surface area contributed by atoms with Gasteiger partial charge in [0.2, 0.25) is 5.95 Å². The van der Waals surface area contributed by atoms with Crippen molar-refractivity contribution >= 4 is 28.9 Å². The highest BCUT2D eigenvalue weighted by molar-refractivity contribution is 6.03. The fraction of sp³-hybridized carbons (Fsp3) is 0.105. The summed E-state index contributed by atoms with van der Waals surface area (Å²) in [5.41, 5.74) is 1.27. The van der Waals surface area contributed by atoms with Gasteiger partial charge in [-0.1, -0.05) is 6.07 Å². The number of amides is 1. The number of benzene rings is 2. The van der Waals surface area contributed by atoms with Gasteiger partial charge >= 0.3 is 0 Å². The van der Waals surface area contributed by atoms with Crippen molar-refractivity contribution in [1.82, 2.24) is 9.97 Å². The molecule has 0 saturated carbocycles. The van der Waals surface area contributed by atoms with Gasteiger partial charge in [0, 0.05) is 31.7 Å². The number of para-hydroxylation sites is 1. The molecule has 0 fully saturated rings. The van der Waals surface area contributed by atoms with Gasteiger partial charge in [0.05, 0.1) is 0 Å². The molecular weight excluding hydrogens is 352 g/mol. The van der Waals surface area contributed by atoms with E-state index in [1.54, 1.807) is 12.1 Å². The van der Waals surface area contributed by atoms with Gasteiger partial charge in [-0.05, 0) is 42.5 Å². The minimum Gasteiger partial charge on any atom is -0.378 e. The Balaban J connectivity index is 1.75. The van der Waals surface area contributed by atoms with Crippen LogP contribution >= 0.6 is 0 Å². The maximum absolute atomic E-state index is 13.7. The fourth-order valence-corrected chi connectivity index (χ4v) is 2.31. The molecule has 1 amide bonds. The SMILES string of the molecule is CN(C)c1ccc(NC(=O)c2ccnc(Nc3c(F)cccc3F)n2)cc1. The summed E-state index contributed by atoms with van der Waals surface area (Å²) in [6.07, 6.45) is 1.33. The topological polar surface area (TPSA) is 70.2 Å². The van der Waals surface area contributed by atoms with Crippen LogP contribution in [-0.2, 0) is 0 Å². The zero-order chi connectivity index (χ0) is 19.4. The maximum atomic E-state index is 13.7. The van der Waals surface area contributed by atoms with E-state index in [-0.39, 0.29) is 17.3 Å². The highest BCUT2D eigenvalue weighted by Crippen LogP contribution is 2.21. The highest BCUT2D eigenvalue weighted by Gasteiger charge is 2.13. The minimum atomic E-state index is -0.783. The van der Waals surface area contributed by atoms with E-state index in [0.29, 0.717) is 5.69 Å². The molecule has 3 rings (SSSR count). The Bertz CT molecular complexity index is 940. The number of anilines is 4. The van der Waals surface area contributed by atoms with E-state index >= 15 is 0 Å². The number of hydrogen-bond acceptors (Lipinski definition) is 5. The molecule has 0 aliphatic carbocycles. The van der Waals surface area contributed by atoms with Crippen LogP contribution < -0.4 is 15.5 Å². The third kappa shape index (κ3) is 4.35. The molecule has 6 nitrogen and oxygen atoms in total. The van der Waals surface area contributed by atoms with Gasteiger partial charge in [-0.15, -0.1) is 0 Å². The maximum Gasteiger partial charge on any atom is 0.274 e. The first-order valence-corrected chi connectivity index (χ1v) is 8.07. The molecule has 0 bridgehead atoms. The molecule has 2 N–H and O–H groups in total. The number of nitrogens with zero attached hydrogens (tertiary/aromatic N) is 3. The van der Waals surface area contributed by atoms with E-state index in [0.717, 1.165) is 17.8 Å². The molecule has 1 aromatic heterocycles.